The van der Waals surface area contributed by atoms with Gasteiger partial charge in [-0.3, -0.25) is 14.6 Å². The van der Waals surface area contributed by atoms with E-state index in [1.165, 1.54) is 17.7 Å². The van der Waals surface area contributed by atoms with Crippen LogP contribution in [0.4, 0.5) is 9.18 Å². The number of amides is 2. The monoisotopic (exact) mass is 587 g/mol. The minimum absolute atomic E-state index is 0.161. The van der Waals surface area contributed by atoms with Gasteiger partial charge in [-0.15, -0.1) is 0 Å². The molecule has 2 amide bonds. The van der Waals surface area contributed by atoms with Crippen molar-refractivity contribution in [3.05, 3.63) is 64.0 Å². The highest BCUT2D eigenvalue weighted by Crippen LogP contribution is 2.45. The van der Waals surface area contributed by atoms with Crippen LogP contribution in [0.2, 0.25) is 0 Å². The maximum Gasteiger partial charge on any atom is 0.410 e. The first-order valence-electron chi connectivity index (χ1n) is 14.1. The van der Waals surface area contributed by atoms with Crippen molar-refractivity contribution in [1.29, 1.82) is 0 Å². The summed E-state index contributed by atoms with van der Waals surface area (Å²) < 4.78 is 51.8. The maximum absolute atomic E-state index is 15.0. The first kappa shape index (κ1) is 29.3. The van der Waals surface area contributed by atoms with E-state index in [0.29, 0.717) is 31.9 Å². The predicted molar refractivity (Wildman–Crippen MR) is 152 cm³/mol. The third kappa shape index (κ3) is 7.37. The van der Waals surface area contributed by atoms with Crippen molar-refractivity contribution in [2.24, 2.45) is 0 Å². The highest BCUT2D eigenvalue weighted by Gasteiger charge is 2.33. The third-order valence-electron chi connectivity index (χ3n) is 7.52. The van der Waals surface area contributed by atoms with Crippen LogP contribution in [0.25, 0.3) is 0 Å². The molecular formula is C30H38FN3O6S. The zero-order valence-electron chi connectivity index (χ0n) is 24.0. The average Bonchev–Trinajstić information content (AvgIpc) is 3.59. The first-order valence-corrected chi connectivity index (χ1v) is 16.0. The molecule has 1 saturated carbocycles. The molecule has 0 aromatic heterocycles. The Hall–Kier alpha value is -3.18. The predicted octanol–water partition coefficient (Wildman–Crippen LogP) is 4.69. The molecule has 1 aliphatic carbocycles. The van der Waals surface area contributed by atoms with Crippen molar-refractivity contribution in [2.75, 3.05) is 19.3 Å². The highest BCUT2D eigenvalue weighted by molar-refractivity contribution is 7.89. The minimum Gasteiger partial charge on any atom is -0.489 e. The second-order valence-electron chi connectivity index (χ2n) is 12.4. The number of hydrogen-bond acceptors (Lipinski definition) is 7. The molecule has 1 atom stereocenters. The smallest absolute Gasteiger partial charge is 0.410 e. The molecule has 2 fully saturated rings. The number of halogens is 1. The molecule has 1 saturated heterocycles. The van der Waals surface area contributed by atoms with Gasteiger partial charge in [0.15, 0.2) is 0 Å². The quantitative estimate of drug-likeness (QED) is 0.501. The van der Waals surface area contributed by atoms with Gasteiger partial charge in [-0.1, -0.05) is 18.2 Å². The molecule has 1 unspecified atom stereocenters. The Morgan fingerprint density at radius 3 is 2.56 bits per heavy atom. The number of fused-ring (bicyclic) bond motifs is 1. The van der Waals surface area contributed by atoms with E-state index in [9.17, 15) is 22.4 Å². The lowest BCUT2D eigenvalue weighted by Crippen LogP contribution is -2.41. The molecular weight excluding hydrogens is 549 g/mol. The van der Waals surface area contributed by atoms with Gasteiger partial charge in [0.25, 0.3) is 5.91 Å². The molecule has 2 aliphatic heterocycles. The van der Waals surface area contributed by atoms with E-state index in [1.807, 2.05) is 31.6 Å². The fourth-order valence-corrected chi connectivity index (χ4v) is 6.00. The Bertz CT molecular complexity index is 1450. The Balaban J connectivity index is 1.27. The van der Waals surface area contributed by atoms with E-state index >= 15 is 0 Å². The fourth-order valence-electron chi connectivity index (χ4n) is 5.55. The van der Waals surface area contributed by atoms with Crippen LogP contribution in [0, 0.1) is 5.82 Å². The van der Waals surface area contributed by atoms with Crippen LogP contribution in [0.3, 0.4) is 0 Å². The first-order chi connectivity index (χ1) is 19.3. The lowest BCUT2D eigenvalue weighted by molar-refractivity contribution is 0.0241. The molecule has 3 aliphatic rings. The van der Waals surface area contributed by atoms with Gasteiger partial charge in [-0.25, -0.2) is 22.3 Å². The number of rotatable bonds is 7. The molecule has 0 spiro atoms. The van der Waals surface area contributed by atoms with Gasteiger partial charge in [0.1, 0.15) is 23.3 Å². The minimum atomic E-state index is -3.82. The van der Waals surface area contributed by atoms with Crippen molar-refractivity contribution in [2.45, 2.75) is 83.7 Å². The molecule has 0 bridgehead atoms. The zero-order valence-corrected chi connectivity index (χ0v) is 24.9. The van der Waals surface area contributed by atoms with E-state index in [-0.39, 0.29) is 23.7 Å². The maximum atomic E-state index is 15.0. The lowest BCUT2D eigenvalue weighted by atomic mass is 10.0. The van der Waals surface area contributed by atoms with Gasteiger partial charge in [0, 0.05) is 25.7 Å². The number of nitrogens with zero attached hydrogens (tertiary/aromatic N) is 2. The summed E-state index contributed by atoms with van der Waals surface area (Å²) >= 11 is 0. The van der Waals surface area contributed by atoms with Crippen LogP contribution in [0.1, 0.15) is 85.0 Å². The van der Waals surface area contributed by atoms with Gasteiger partial charge in [0.2, 0.25) is 10.0 Å². The number of carbonyl (C=O) groups is 2. The number of nitrogens with one attached hydrogen (secondary N) is 1. The van der Waals surface area contributed by atoms with Crippen molar-refractivity contribution in [3.8, 4) is 5.75 Å². The molecule has 9 nitrogen and oxygen atoms in total. The molecule has 41 heavy (non-hydrogen) atoms. The largest absolute Gasteiger partial charge is 0.489 e. The average molecular weight is 588 g/mol. The number of ether oxygens (including phenoxy) is 2. The van der Waals surface area contributed by atoms with E-state index in [1.54, 1.807) is 4.90 Å². The topological polar surface area (TPSA) is 105 Å². The molecule has 5 rings (SSSR count). The van der Waals surface area contributed by atoms with Gasteiger partial charge in [-0.05, 0) is 87.2 Å². The van der Waals surface area contributed by atoms with Crippen LogP contribution in [-0.2, 0) is 34.4 Å². The summed E-state index contributed by atoms with van der Waals surface area (Å²) in [5, 5.41) is 0. The van der Waals surface area contributed by atoms with E-state index in [4.69, 9.17) is 9.47 Å². The van der Waals surface area contributed by atoms with E-state index in [2.05, 4.69) is 17.0 Å². The second kappa shape index (κ2) is 11.2. The molecule has 11 heteroatoms. The van der Waals surface area contributed by atoms with Crippen molar-refractivity contribution >= 4 is 22.0 Å². The van der Waals surface area contributed by atoms with Crippen molar-refractivity contribution in [3.63, 3.8) is 0 Å². The molecule has 2 aromatic carbocycles. The van der Waals surface area contributed by atoms with E-state index in [0.717, 1.165) is 55.2 Å². The van der Waals surface area contributed by atoms with Crippen LogP contribution >= 0.6 is 0 Å². The zero-order chi connectivity index (χ0) is 29.5. The summed E-state index contributed by atoms with van der Waals surface area (Å²) in [6.45, 7) is 8.88. The summed E-state index contributed by atoms with van der Waals surface area (Å²) in [7, 11) is -3.82. The van der Waals surface area contributed by atoms with Crippen molar-refractivity contribution in [1.82, 2.24) is 14.5 Å². The molecule has 2 aromatic rings. The highest BCUT2D eigenvalue weighted by atomic mass is 32.2. The molecule has 1 N–H and O–H groups in total. The fraction of sp³-hybridized carbons (Fsp3) is 0.533. The summed E-state index contributed by atoms with van der Waals surface area (Å²) in [5.74, 6) is -1.22. The Labute approximate surface area is 241 Å². The summed E-state index contributed by atoms with van der Waals surface area (Å²) in [6, 6.07) is 8.84. The number of piperidine rings is 1. The van der Waals surface area contributed by atoms with E-state index < -0.39 is 27.3 Å². The SMILES string of the molecule is CC(C)(C)OC(=O)N1Cc2cccc(CN3CCCC(Oc4cc(F)c(C(=O)NS(C)(=O)=O)cc4C4CC4)C3)c2C1. The van der Waals surface area contributed by atoms with Crippen molar-refractivity contribution < 1.29 is 31.9 Å². The van der Waals surface area contributed by atoms with Gasteiger partial charge >= 0.3 is 6.09 Å². The number of sulfonamides is 1. The Morgan fingerprint density at radius 2 is 1.88 bits per heavy atom. The van der Waals surface area contributed by atoms with Crippen LogP contribution < -0.4 is 9.46 Å². The Kier molecular flexibility index (Phi) is 8.04. The second-order valence-corrected chi connectivity index (χ2v) is 14.1. The van der Waals surface area contributed by atoms with Crippen LogP contribution in [0.15, 0.2) is 30.3 Å². The molecule has 0 radical (unpaired) electrons. The van der Waals surface area contributed by atoms with Crippen LogP contribution in [-0.4, -0.2) is 61.3 Å². The summed E-state index contributed by atoms with van der Waals surface area (Å²) in [4.78, 5) is 29.1. The normalized spacial score (nSPS) is 19.5. The lowest BCUT2D eigenvalue weighted by Gasteiger charge is -2.33. The summed E-state index contributed by atoms with van der Waals surface area (Å²) in [6.07, 6.45) is 3.93. The number of likely N-dealkylation sites (tertiary alicyclic amines) is 1. The van der Waals surface area contributed by atoms with Gasteiger partial charge in [-0.2, -0.15) is 0 Å². The van der Waals surface area contributed by atoms with Gasteiger partial charge in [0.05, 0.1) is 18.4 Å². The number of benzene rings is 2. The number of hydrogen-bond donors (Lipinski definition) is 1. The standard InChI is InChI=1S/C30H38FN3O6S/c1-30(2,3)40-29(36)34-16-21-8-5-7-20(25(21)18-34)15-33-12-6-9-22(17-33)39-27-14-26(31)24(13-23(27)19-10-11-19)28(35)32-41(4,37)38/h5,7-8,13-14,19,22H,6,9-12,15-18H2,1-4H3,(H,32,35). The summed E-state index contributed by atoms with van der Waals surface area (Å²) in [5.41, 5.74) is 3.34. The van der Waals surface area contributed by atoms with Gasteiger partial charge < -0.3 is 9.47 Å². The van der Waals surface area contributed by atoms with Crippen LogP contribution in [0.5, 0.6) is 5.75 Å². The Morgan fingerprint density at radius 1 is 1.12 bits per heavy atom. The molecule has 222 valence electrons. The molecule has 2 heterocycles. The third-order valence-corrected chi connectivity index (χ3v) is 8.08. The number of carbonyl (C=O) groups excluding carboxylic acids is 2.